The maximum Gasteiger partial charge on any atom is 0.305 e. The molecule has 0 saturated heterocycles. The van der Waals surface area contributed by atoms with Crippen molar-refractivity contribution in [1.29, 1.82) is 0 Å². The highest BCUT2D eigenvalue weighted by molar-refractivity contribution is 5.76. The first-order chi connectivity index (χ1) is 37.5. The molecule has 0 aliphatic heterocycles. The van der Waals surface area contributed by atoms with Gasteiger partial charge in [-0.05, 0) is 96.3 Å². The molecule has 0 bridgehead atoms. The van der Waals surface area contributed by atoms with Gasteiger partial charge in [-0.25, -0.2) is 0 Å². The molecular weight excluding hydrogens is 935 g/mol. The number of hydrogen-bond acceptors (Lipinski definition) is 5. The zero-order chi connectivity index (χ0) is 55.0. The monoisotopic (exact) mass is 1060 g/mol. The number of ether oxygens (including phenoxy) is 1. The molecule has 1 amide bonds. The van der Waals surface area contributed by atoms with Crippen LogP contribution in [0.1, 0.15) is 348 Å². The molecule has 0 spiro atoms. The number of nitrogens with one attached hydrogen (secondary N) is 1. The van der Waals surface area contributed by atoms with Crippen LogP contribution < -0.4 is 5.32 Å². The Morgan fingerprint density at radius 2 is 0.697 bits per heavy atom. The van der Waals surface area contributed by atoms with E-state index >= 15 is 0 Å². The molecule has 2 unspecified atom stereocenters. The smallest absolute Gasteiger partial charge is 0.305 e. The minimum atomic E-state index is -0.854. The molecule has 0 saturated carbocycles. The van der Waals surface area contributed by atoms with Gasteiger partial charge in [0, 0.05) is 12.8 Å². The van der Waals surface area contributed by atoms with Gasteiger partial charge >= 0.3 is 5.97 Å². The first-order valence-corrected chi connectivity index (χ1v) is 33.6. The molecule has 444 valence electrons. The number of hydrogen-bond donors (Lipinski definition) is 3. The lowest BCUT2D eigenvalue weighted by Gasteiger charge is -2.20. The molecule has 76 heavy (non-hydrogen) atoms. The molecule has 0 aliphatic rings. The summed E-state index contributed by atoms with van der Waals surface area (Å²) in [5.41, 5.74) is 0. The van der Waals surface area contributed by atoms with E-state index in [1.54, 1.807) is 6.08 Å². The SMILES string of the molecule is CCCCC/C=C\C/C=C\CCCCCCCCCCCC(=O)OCCCCC/C=C\C=C/CCCCCCCCCCCCC(=O)NC(CO)C(O)/C=C/CCCCCCCCCCCCCCCCCCCCC. The Morgan fingerprint density at radius 1 is 0.382 bits per heavy atom. The standard InChI is InChI=1S/C70H129NO5/c1-3-5-7-9-11-13-15-17-19-21-23-24-27-30-34-38-42-46-50-54-58-62-68(73)67(66-72)71-69(74)63-59-55-51-47-43-39-35-31-28-25-29-33-37-41-45-49-53-57-61-65-76-70(75)64-60-56-52-48-44-40-36-32-26-22-20-18-16-14-12-10-8-6-4-2/h12,14,18,20,33,37,41,45,58,62,67-68,72-73H,3-11,13,15-17,19,21-32,34-36,38-40,42-44,46-57,59-61,63-66H2,1-2H3,(H,71,74)/b14-12-,20-18-,37-33-,45-41-,62-58+. The van der Waals surface area contributed by atoms with E-state index < -0.39 is 12.1 Å². The first-order valence-electron chi connectivity index (χ1n) is 33.6. The van der Waals surface area contributed by atoms with Gasteiger partial charge < -0.3 is 20.3 Å². The molecule has 3 N–H and O–H groups in total. The van der Waals surface area contributed by atoms with Crippen LogP contribution in [-0.2, 0) is 14.3 Å². The van der Waals surface area contributed by atoms with Crippen LogP contribution in [0.3, 0.4) is 0 Å². The molecule has 0 aromatic rings. The van der Waals surface area contributed by atoms with Crippen molar-refractivity contribution in [1.82, 2.24) is 5.32 Å². The van der Waals surface area contributed by atoms with E-state index in [0.29, 0.717) is 19.4 Å². The summed E-state index contributed by atoms with van der Waals surface area (Å²) in [5, 5.41) is 23.2. The predicted octanol–water partition coefficient (Wildman–Crippen LogP) is 21.5. The zero-order valence-electron chi connectivity index (χ0n) is 50.7. The summed E-state index contributed by atoms with van der Waals surface area (Å²) in [7, 11) is 0. The lowest BCUT2D eigenvalue weighted by atomic mass is 10.0. The van der Waals surface area contributed by atoms with Crippen LogP contribution in [0, 0.1) is 0 Å². The first kappa shape index (κ1) is 73.6. The van der Waals surface area contributed by atoms with E-state index in [2.05, 4.69) is 67.8 Å². The van der Waals surface area contributed by atoms with Gasteiger partial charge in [0.25, 0.3) is 0 Å². The number of aliphatic hydroxyl groups excluding tert-OH is 2. The summed E-state index contributed by atoms with van der Waals surface area (Å²) < 4.78 is 5.47. The van der Waals surface area contributed by atoms with Crippen molar-refractivity contribution in [2.45, 2.75) is 360 Å². The molecule has 0 rings (SSSR count). The highest BCUT2D eigenvalue weighted by atomic mass is 16.5. The Labute approximate surface area is 473 Å². The van der Waals surface area contributed by atoms with E-state index in [1.807, 2.05) is 6.08 Å². The van der Waals surface area contributed by atoms with Crippen molar-refractivity contribution < 1.29 is 24.5 Å². The molecule has 6 heteroatoms. The van der Waals surface area contributed by atoms with Crippen molar-refractivity contribution in [3.8, 4) is 0 Å². The zero-order valence-corrected chi connectivity index (χ0v) is 50.7. The summed E-state index contributed by atoms with van der Waals surface area (Å²) in [4.78, 5) is 24.6. The van der Waals surface area contributed by atoms with E-state index in [1.165, 1.54) is 238 Å². The Kier molecular flexibility index (Phi) is 63.0. The fourth-order valence-corrected chi connectivity index (χ4v) is 10.1. The number of esters is 1. The van der Waals surface area contributed by atoms with Crippen LogP contribution in [0.5, 0.6) is 0 Å². The van der Waals surface area contributed by atoms with Crippen molar-refractivity contribution in [2.75, 3.05) is 13.2 Å². The third kappa shape index (κ3) is 60.8. The molecule has 0 radical (unpaired) electrons. The number of carbonyl (C=O) groups is 2. The summed E-state index contributed by atoms with van der Waals surface area (Å²) >= 11 is 0. The number of unbranched alkanes of at least 4 members (excludes halogenated alkanes) is 44. The minimum Gasteiger partial charge on any atom is -0.466 e. The Morgan fingerprint density at radius 3 is 1.11 bits per heavy atom. The highest BCUT2D eigenvalue weighted by Gasteiger charge is 2.18. The second-order valence-corrected chi connectivity index (χ2v) is 22.8. The van der Waals surface area contributed by atoms with E-state index in [0.717, 1.165) is 83.5 Å². The topological polar surface area (TPSA) is 95.9 Å². The summed E-state index contributed by atoms with van der Waals surface area (Å²) in [6.07, 6.45) is 85.6. The Bertz CT molecular complexity index is 1320. The molecular formula is C70H129NO5. The second-order valence-electron chi connectivity index (χ2n) is 22.8. The second kappa shape index (κ2) is 65.1. The number of amides is 1. The maximum absolute atomic E-state index is 12.5. The van der Waals surface area contributed by atoms with Crippen LogP contribution in [0.25, 0.3) is 0 Å². The van der Waals surface area contributed by atoms with E-state index in [-0.39, 0.29) is 18.5 Å². The van der Waals surface area contributed by atoms with Gasteiger partial charge in [0.1, 0.15) is 0 Å². The normalized spacial score (nSPS) is 12.9. The van der Waals surface area contributed by atoms with Crippen LogP contribution in [0.4, 0.5) is 0 Å². The van der Waals surface area contributed by atoms with Crippen molar-refractivity contribution in [3.63, 3.8) is 0 Å². The average molecular weight is 1060 g/mol. The van der Waals surface area contributed by atoms with Crippen LogP contribution >= 0.6 is 0 Å². The lowest BCUT2D eigenvalue weighted by molar-refractivity contribution is -0.143. The fourth-order valence-electron chi connectivity index (χ4n) is 10.1. The van der Waals surface area contributed by atoms with Gasteiger partial charge in [-0.3, -0.25) is 9.59 Å². The molecule has 6 nitrogen and oxygen atoms in total. The number of rotatable bonds is 62. The Hall–Kier alpha value is -2.44. The van der Waals surface area contributed by atoms with Gasteiger partial charge in [-0.15, -0.1) is 0 Å². The van der Waals surface area contributed by atoms with Crippen molar-refractivity contribution in [2.24, 2.45) is 0 Å². The number of allylic oxidation sites excluding steroid dienone is 9. The van der Waals surface area contributed by atoms with Crippen LogP contribution in [0.15, 0.2) is 60.8 Å². The largest absolute Gasteiger partial charge is 0.466 e. The summed E-state index contributed by atoms with van der Waals surface area (Å²) in [5.74, 6) is -0.0939. The highest BCUT2D eigenvalue weighted by Crippen LogP contribution is 2.17. The minimum absolute atomic E-state index is 0.0179. The van der Waals surface area contributed by atoms with Gasteiger partial charge in [-0.2, -0.15) is 0 Å². The molecule has 0 fully saturated rings. The summed E-state index contributed by atoms with van der Waals surface area (Å²) in [6, 6.07) is -0.638. The lowest BCUT2D eigenvalue weighted by Crippen LogP contribution is -2.45. The quantitative estimate of drug-likeness (QED) is 0.0244. The van der Waals surface area contributed by atoms with Gasteiger partial charge in [0.15, 0.2) is 0 Å². The maximum atomic E-state index is 12.5. The third-order valence-electron chi connectivity index (χ3n) is 15.3. The predicted molar refractivity (Wildman–Crippen MR) is 333 cm³/mol. The molecule has 0 aliphatic carbocycles. The fraction of sp³-hybridized carbons (Fsp3) is 0.829. The Balaban J connectivity index is 3.50. The molecule has 0 aromatic carbocycles. The summed E-state index contributed by atoms with van der Waals surface area (Å²) in [6.45, 7) is 4.86. The molecule has 0 heterocycles. The van der Waals surface area contributed by atoms with Gasteiger partial charge in [0.05, 0.1) is 25.4 Å². The van der Waals surface area contributed by atoms with Crippen molar-refractivity contribution in [3.05, 3.63) is 60.8 Å². The van der Waals surface area contributed by atoms with Crippen LogP contribution in [0.2, 0.25) is 0 Å². The number of aliphatic hydroxyl groups is 2. The van der Waals surface area contributed by atoms with Crippen LogP contribution in [-0.4, -0.2) is 47.4 Å². The van der Waals surface area contributed by atoms with Gasteiger partial charge in [0.2, 0.25) is 5.91 Å². The third-order valence-corrected chi connectivity index (χ3v) is 15.3. The average Bonchev–Trinajstić information content (AvgIpc) is 3.42. The molecule has 2 atom stereocenters. The van der Waals surface area contributed by atoms with Gasteiger partial charge in [-0.1, -0.05) is 299 Å². The molecule has 0 aromatic heterocycles. The number of carbonyl (C=O) groups excluding carboxylic acids is 2. The van der Waals surface area contributed by atoms with Crippen molar-refractivity contribution >= 4 is 11.9 Å². The van der Waals surface area contributed by atoms with E-state index in [4.69, 9.17) is 4.74 Å². The van der Waals surface area contributed by atoms with E-state index in [9.17, 15) is 19.8 Å².